The van der Waals surface area contributed by atoms with Gasteiger partial charge in [0.1, 0.15) is 6.10 Å². The molecule has 132 valence electrons. The topological polar surface area (TPSA) is 44.8 Å². The Labute approximate surface area is 140 Å². The summed E-state index contributed by atoms with van der Waals surface area (Å²) in [4.78, 5) is 10.9. The third kappa shape index (κ3) is 4.27. The van der Waals surface area contributed by atoms with E-state index in [1.807, 2.05) is 0 Å². The van der Waals surface area contributed by atoms with Crippen molar-refractivity contribution in [2.75, 3.05) is 0 Å². The Hall–Kier alpha value is -0.610. The predicted octanol–water partition coefficient (Wildman–Crippen LogP) is 4.00. The third-order valence-corrected chi connectivity index (χ3v) is 5.94. The van der Waals surface area contributed by atoms with Crippen LogP contribution in [0, 0.1) is 5.92 Å². The van der Waals surface area contributed by atoms with Crippen molar-refractivity contribution in [3.63, 3.8) is 0 Å². The Bertz CT molecular complexity index is 350. The van der Waals surface area contributed by atoms with E-state index in [2.05, 4.69) is 6.92 Å². The lowest BCUT2D eigenvalue weighted by atomic mass is 9.79. The Kier molecular flexibility index (Phi) is 6.35. The highest BCUT2D eigenvalue weighted by Crippen LogP contribution is 2.42. The SMILES string of the molecule is CCCCCC[C@H](OC=O)[C@@H]1C[C@@H]2O[C@@H]3CCCC[C@H]3C[C@H]2O1. The van der Waals surface area contributed by atoms with Gasteiger partial charge in [-0.2, -0.15) is 0 Å². The molecule has 0 radical (unpaired) electrons. The summed E-state index contributed by atoms with van der Waals surface area (Å²) in [7, 11) is 0. The van der Waals surface area contributed by atoms with E-state index in [4.69, 9.17) is 14.2 Å². The molecule has 3 fully saturated rings. The van der Waals surface area contributed by atoms with Crippen molar-refractivity contribution in [2.45, 2.75) is 108 Å². The maximum atomic E-state index is 10.9. The van der Waals surface area contributed by atoms with Gasteiger partial charge in [0.05, 0.1) is 24.4 Å². The molecule has 1 aliphatic carbocycles. The van der Waals surface area contributed by atoms with Crippen LogP contribution in [0.2, 0.25) is 0 Å². The monoisotopic (exact) mass is 324 g/mol. The summed E-state index contributed by atoms with van der Waals surface area (Å²) in [5, 5.41) is 0. The van der Waals surface area contributed by atoms with E-state index in [1.165, 1.54) is 44.9 Å². The van der Waals surface area contributed by atoms with Gasteiger partial charge in [-0.05, 0) is 38.0 Å². The van der Waals surface area contributed by atoms with E-state index >= 15 is 0 Å². The Morgan fingerprint density at radius 2 is 1.87 bits per heavy atom. The first-order valence-corrected chi connectivity index (χ1v) is 9.71. The van der Waals surface area contributed by atoms with Gasteiger partial charge in [-0.25, -0.2) is 0 Å². The summed E-state index contributed by atoms with van der Waals surface area (Å²) in [5.74, 6) is 0.679. The van der Waals surface area contributed by atoms with Crippen LogP contribution < -0.4 is 0 Å². The van der Waals surface area contributed by atoms with E-state index in [0.717, 1.165) is 25.7 Å². The average Bonchev–Trinajstić information content (AvgIpc) is 2.98. The van der Waals surface area contributed by atoms with Crippen molar-refractivity contribution in [3.8, 4) is 0 Å². The van der Waals surface area contributed by atoms with Crippen LogP contribution in [-0.2, 0) is 19.0 Å². The quantitative estimate of drug-likeness (QED) is 0.500. The molecule has 23 heavy (non-hydrogen) atoms. The molecule has 0 aromatic rings. The number of ether oxygens (including phenoxy) is 3. The van der Waals surface area contributed by atoms with Gasteiger partial charge in [-0.15, -0.1) is 0 Å². The fraction of sp³-hybridized carbons (Fsp3) is 0.947. The summed E-state index contributed by atoms with van der Waals surface area (Å²) in [6.07, 6.45) is 13.7. The molecule has 2 aliphatic heterocycles. The largest absolute Gasteiger partial charge is 0.462 e. The molecule has 2 saturated heterocycles. The molecule has 2 heterocycles. The fourth-order valence-corrected chi connectivity index (χ4v) is 4.67. The molecule has 0 amide bonds. The van der Waals surface area contributed by atoms with Crippen LogP contribution in [0.1, 0.15) is 77.6 Å². The smallest absolute Gasteiger partial charge is 0.293 e. The Morgan fingerprint density at radius 3 is 2.70 bits per heavy atom. The molecule has 4 nitrogen and oxygen atoms in total. The molecule has 6 atom stereocenters. The van der Waals surface area contributed by atoms with Gasteiger partial charge < -0.3 is 14.2 Å². The number of hydrogen-bond acceptors (Lipinski definition) is 4. The second-order valence-electron chi connectivity index (χ2n) is 7.56. The molecule has 3 rings (SSSR count). The van der Waals surface area contributed by atoms with Gasteiger partial charge in [0.2, 0.25) is 0 Å². The predicted molar refractivity (Wildman–Crippen MR) is 88.2 cm³/mol. The summed E-state index contributed by atoms with van der Waals surface area (Å²) < 4.78 is 18.0. The lowest BCUT2D eigenvalue weighted by Crippen LogP contribution is -2.43. The van der Waals surface area contributed by atoms with Crippen LogP contribution in [-0.4, -0.2) is 37.0 Å². The van der Waals surface area contributed by atoms with Crippen molar-refractivity contribution >= 4 is 6.47 Å². The summed E-state index contributed by atoms with van der Waals surface area (Å²) in [6, 6.07) is 0. The Morgan fingerprint density at radius 1 is 1.04 bits per heavy atom. The first kappa shape index (κ1) is 17.2. The van der Waals surface area contributed by atoms with E-state index < -0.39 is 0 Å². The van der Waals surface area contributed by atoms with Gasteiger partial charge in [-0.1, -0.05) is 39.0 Å². The molecule has 3 aliphatic rings. The number of carbonyl (C=O) groups is 1. The lowest BCUT2D eigenvalue weighted by molar-refractivity contribution is -0.152. The molecule has 0 aromatic heterocycles. The minimum Gasteiger partial charge on any atom is -0.462 e. The highest BCUT2D eigenvalue weighted by atomic mass is 16.6. The second-order valence-corrected chi connectivity index (χ2v) is 7.56. The lowest BCUT2D eigenvalue weighted by Gasteiger charge is -2.40. The molecule has 0 N–H and O–H groups in total. The second kappa shape index (κ2) is 8.48. The van der Waals surface area contributed by atoms with E-state index in [9.17, 15) is 4.79 Å². The van der Waals surface area contributed by atoms with Crippen LogP contribution in [0.5, 0.6) is 0 Å². The van der Waals surface area contributed by atoms with Crippen LogP contribution in [0.15, 0.2) is 0 Å². The van der Waals surface area contributed by atoms with Crippen molar-refractivity contribution in [3.05, 3.63) is 0 Å². The number of carbonyl (C=O) groups excluding carboxylic acids is 1. The first-order valence-electron chi connectivity index (χ1n) is 9.71. The standard InChI is InChI=1S/C19H32O4/c1-2-3-4-5-10-16(21-13-20)18-12-19-17(23-18)11-14-8-6-7-9-15(14)22-19/h13-19H,2-12H2,1H3/t14-,15+,16-,17+,18-,19-/m0/s1. The minimum atomic E-state index is -0.0967. The summed E-state index contributed by atoms with van der Waals surface area (Å²) in [5.41, 5.74) is 0. The molecular weight excluding hydrogens is 292 g/mol. The maximum Gasteiger partial charge on any atom is 0.293 e. The van der Waals surface area contributed by atoms with Crippen LogP contribution in [0.4, 0.5) is 0 Å². The van der Waals surface area contributed by atoms with Gasteiger partial charge in [-0.3, -0.25) is 4.79 Å². The fourth-order valence-electron chi connectivity index (χ4n) is 4.67. The van der Waals surface area contributed by atoms with Crippen LogP contribution in [0.3, 0.4) is 0 Å². The summed E-state index contributed by atoms with van der Waals surface area (Å²) >= 11 is 0. The van der Waals surface area contributed by atoms with Crippen molar-refractivity contribution in [1.29, 1.82) is 0 Å². The highest BCUT2D eigenvalue weighted by Gasteiger charge is 2.47. The van der Waals surface area contributed by atoms with Crippen LogP contribution >= 0.6 is 0 Å². The average molecular weight is 324 g/mol. The number of fused-ring (bicyclic) bond motifs is 2. The van der Waals surface area contributed by atoms with Crippen molar-refractivity contribution in [2.24, 2.45) is 5.92 Å². The van der Waals surface area contributed by atoms with Crippen LogP contribution in [0.25, 0.3) is 0 Å². The number of rotatable bonds is 8. The van der Waals surface area contributed by atoms with Crippen molar-refractivity contribution in [1.82, 2.24) is 0 Å². The first-order chi connectivity index (χ1) is 11.3. The molecule has 0 aromatic carbocycles. The normalized spacial score (nSPS) is 37.7. The van der Waals surface area contributed by atoms with E-state index in [0.29, 0.717) is 18.5 Å². The Balaban J connectivity index is 1.52. The zero-order valence-corrected chi connectivity index (χ0v) is 14.5. The van der Waals surface area contributed by atoms with Gasteiger partial charge >= 0.3 is 0 Å². The highest BCUT2D eigenvalue weighted by molar-refractivity contribution is 5.37. The molecule has 1 saturated carbocycles. The van der Waals surface area contributed by atoms with Gasteiger partial charge in [0.25, 0.3) is 6.47 Å². The van der Waals surface area contributed by atoms with E-state index in [1.54, 1.807) is 0 Å². The maximum absolute atomic E-state index is 10.9. The molecular formula is C19H32O4. The minimum absolute atomic E-state index is 0.0250. The summed E-state index contributed by atoms with van der Waals surface area (Å²) in [6.45, 7) is 2.80. The zero-order valence-electron chi connectivity index (χ0n) is 14.5. The van der Waals surface area contributed by atoms with E-state index in [-0.39, 0.29) is 24.4 Å². The van der Waals surface area contributed by atoms with Crippen molar-refractivity contribution < 1.29 is 19.0 Å². The zero-order chi connectivity index (χ0) is 16.1. The molecule has 0 unspecified atom stereocenters. The molecule has 4 heteroatoms. The van der Waals surface area contributed by atoms with Gasteiger partial charge in [0, 0.05) is 6.42 Å². The molecule has 0 bridgehead atoms. The third-order valence-electron chi connectivity index (χ3n) is 5.94. The molecule has 0 spiro atoms. The van der Waals surface area contributed by atoms with Gasteiger partial charge in [0.15, 0.2) is 0 Å². The number of unbranched alkanes of at least 4 members (excludes halogenated alkanes) is 3. The number of hydrogen-bond donors (Lipinski definition) is 0.